The molecule has 0 aliphatic carbocycles. The molecule has 1 aliphatic rings. The number of carbonyl (C=O) groups is 1. The molecule has 0 aromatic heterocycles. The summed E-state index contributed by atoms with van der Waals surface area (Å²) in [6.07, 6.45) is 1.48. The molecule has 2 rings (SSSR count). The molecule has 104 valence electrons. The number of rotatable bonds is 5. The molecule has 19 heavy (non-hydrogen) atoms. The van der Waals surface area contributed by atoms with Gasteiger partial charge in [-0.2, -0.15) is 0 Å². The van der Waals surface area contributed by atoms with Crippen molar-refractivity contribution in [2.24, 2.45) is 0 Å². The van der Waals surface area contributed by atoms with Gasteiger partial charge < -0.3 is 15.2 Å². The number of aliphatic hydroxyl groups is 1. The minimum atomic E-state index is -0.246. The van der Waals surface area contributed by atoms with Crippen LogP contribution < -0.4 is 10.1 Å². The molecule has 1 aromatic rings. The van der Waals surface area contributed by atoms with Gasteiger partial charge in [-0.15, -0.1) is 0 Å². The second kappa shape index (κ2) is 6.39. The minimum Gasteiger partial charge on any atom is -0.492 e. The molecule has 2 unspecified atom stereocenters. The van der Waals surface area contributed by atoms with Crippen LogP contribution in [-0.4, -0.2) is 30.3 Å². The van der Waals surface area contributed by atoms with E-state index in [9.17, 15) is 4.79 Å². The highest BCUT2D eigenvalue weighted by molar-refractivity contribution is 9.10. The lowest BCUT2D eigenvalue weighted by Crippen LogP contribution is -2.37. The van der Waals surface area contributed by atoms with Crippen LogP contribution in [0.1, 0.15) is 31.2 Å². The van der Waals surface area contributed by atoms with Gasteiger partial charge in [-0.1, -0.05) is 15.9 Å². The fraction of sp³-hybridized carbons (Fsp3) is 0.500. The second-order valence-corrected chi connectivity index (χ2v) is 5.74. The minimum absolute atomic E-state index is 0.0118. The van der Waals surface area contributed by atoms with Crippen molar-refractivity contribution < 1.29 is 14.6 Å². The summed E-state index contributed by atoms with van der Waals surface area (Å²) in [5.74, 6) is 0.526. The second-order valence-electron chi connectivity index (χ2n) is 4.82. The molecule has 0 spiro atoms. The van der Waals surface area contributed by atoms with Crippen molar-refractivity contribution in [1.82, 2.24) is 5.32 Å². The standard InChI is InChI=1S/C14H18BrNO3/c1-9(3-2-6-17)16-14(18)12-8-19-13-5-4-10(15)7-11(12)13/h4-5,7,9,12,17H,2-3,6,8H2,1H3,(H,16,18). The van der Waals surface area contributed by atoms with E-state index in [4.69, 9.17) is 9.84 Å². The SMILES string of the molecule is CC(CCCO)NC(=O)C1COc2ccc(Br)cc21. The van der Waals surface area contributed by atoms with Crippen molar-refractivity contribution >= 4 is 21.8 Å². The maximum atomic E-state index is 12.2. The van der Waals surface area contributed by atoms with Crippen molar-refractivity contribution in [3.05, 3.63) is 28.2 Å². The summed E-state index contributed by atoms with van der Waals surface area (Å²) in [5, 5.41) is 11.8. The molecule has 1 amide bonds. The normalized spacial score (nSPS) is 18.6. The fourth-order valence-electron chi connectivity index (χ4n) is 2.22. The van der Waals surface area contributed by atoms with Gasteiger partial charge in [-0.05, 0) is 38.0 Å². The average Bonchev–Trinajstić information content (AvgIpc) is 2.79. The first kappa shape index (κ1) is 14.3. The first-order chi connectivity index (χ1) is 9.11. The zero-order chi connectivity index (χ0) is 13.8. The van der Waals surface area contributed by atoms with Crippen LogP contribution in [0.5, 0.6) is 5.75 Å². The third-order valence-corrected chi connectivity index (χ3v) is 3.75. The van der Waals surface area contributed by atoms with Gasteiger partial charge >= 0.3 is 0 Å². The van der Waals surface area contributed by atoms with Gasteiger partial charge in [0.05, 0.1) is 0 Å². The van der Waals surface area contributed by atoms with Crippen LogP contribution in [0.3, 0.4) is 0 Å². The van der Waals surface area contributed by atoms with Crippen molar-refractivity contribution in [3.8, 4) is 5.75 Å². The Balaban J connectivity index is 2.00. The van der Waals surface area contributed by atoms with Crippen LogP contribution in [0.2, 0.25) is 0 Å². The number of hydrogen-bond acceptors (Lipinski definition) is 3. The number of carbonyl (C=O) groups excluding carboxylic acids is 1. The largest absolute Gasteiger partial charge is 0.492 e. The van der Waals surface area contributed by atoms with Crippen molar-refractivity contribution in [2.45, 2.75) is 31.7 Å². The Labute approximate surface area is 121 Å². The molecule has 1 aliphatic heterocycles. The van der Waals surface area contributed by atoms with Crippen LogP contribution in [0.25, 0.3) is 0 Å². The number of hydrogen-bond donors (Lipinski definition) is 2. The quantitative estimate of drug-likeness (QED) is 0.871. The highest BCUT2D eigenvalue weighted by atomic mass is 79.9. The summed E-state index contributed by atoms with van der Waals surface area (Å²) >= 11 is 3.41. The van der Waals surface area contributed by atoms with Gasteiger partial charge in [-0.3, -0.25) is 4.79 Å². The van der Waals surface area contributed by atoms with Crippen LogP contribution in [0.4, 0.5) is 0 Å². The predicted octanol–water partition coefficient (Wildman–Crippen LogP) is 2.20. The van der Waals surface area contributed by atoms with E-state index in [1.54, 1.807) is 0 Å². The lowest BCUT2D eigenvalue weighted by atomic mass is 10.00. The molecule has 0 bridgehead atoms. The predicted molar refractivity (Wildman–Crippen MR) is 76.3 cm³/mol. The Hall–Kier alpha value is -1.07. The van der Waals surface area contributed by atoms with Gasteiger partial charge in [0.15, 0.2) is 0 Å². The number of benzene rings is 1. The number of nitrogens with one attached hydrogen (secondary N) is 1. The Kier molecular flexibility index (Phi) is 4.82. The van der Waals surface area contributed by atoms with Gasteiger partial charge in [0.25, 0.3) is 0 Å². The summed E-state index contributed by atoms with van der Waals surface area (Å²) in [6.45, 7) is 2.50. The highest BCUT2D eigenvalue weighted by Gasteiger charge is 2.30. The highest BCUT2D eigenvalue weighted by Crippen LogP contribution is 2.35. The van der Waals surface area contributed by atoms with Crippen LogP contribution in [0.15, 0.2) is 22.7 Å². The van der Waals surface area contributed by atoms with E-state index in [0.29, 0.717) is 13.0 Å². The summed E-state index contributed by atoms with van der Waals surface area (Å²) in [7, 11) is 0. The summed E-state index contributed by atoms with van der Waals surface area (Å²) in [5.41, 5.74) is 0.932. The van der Waals surface area contributed by atoms with E-state index >= 15 is 0 Å². The molecular formula is C14H18BrNO3. The molecular weight excluding hydrogens is 310 g/mol. The van der Waals surface area contributed by atoms with E-state index in [-0.39, 0.29) is 24.5 Å². The first-order valence-electron chi connectivity index (χ1n) is 6.45. The molecule has 4 nitrogen and oxygen atoms in total. The number of aliphatic hydroxyl groups excluding tert-OH is 1. The molecule has 5 heteroatoms. The fourth-order valence-corrected chi connectivity index (χ4v) is 2.59. The van der Waals surface area contributed by atoms with Crippen LogP contribution >= 0.6 is 15.9 Å². The molecule has 1 heterocycles. The number of halogens is 1. The topological polar surface area (TPSA) is 58.6 Å². The van der Waals surface area contributed by atoms with E-state index in [1.165, 1.54) is 0 Å². The van der Waals surface area contributed by atoms with Gasteiger partial charge in [0.2, 0.25) is 5.91 Å². The van der Waals surface area contributed by atoms with Gasteiger partial charge in [-0.25, -0.2) is 0 Å². The van der Waals surface area contributed by atoms with Crippen LogP contribution in [-0.2, 0) is 4.79 Å². The number of amides is 1. The van der Waals surface area contributed by atoms with Gasteiger partial charge in [0, 0.05) is 22.7 Å². The molecule has 0 radical (unpaired) electrons. The zero-order valence-corrected chi connectivity index (χ0v) is 12.4. The zero-order valence-electron chi connectivity index (χ0n) is 10.9. The number of ether oxygens (including phenoxy) is 1. The Bertz CT molecular complexity index is 464. The third-order valence-electron chi connectivity index (χ3n) is 3.25. The average molecular weight is 328 g/mol. The lowest BCUT2D eigenvalue weighted by molar-refractivity contribution is -0.123. The molecule has 2 N–H and O–H groups in total. The molecule has 0 saturated carbocycles. The maximum absolute atomic E-state index is 12.2. The lowest BCUT2D eigenvalue weighted by Gasteiger charge is -2.16. The Morgan fingerprint density at radius 3 is 3.16 bits per heavy atom. The van der Waals surface area contributed by atoms with E-state index in [1.807, 2.05) is 25.1 Å². The molecule has 0 fully saturated rings. The van der Waals surface area contributed by atoms with E-state index < -0.39 is 0 Å². The maximum Gasteiger partial charge on any atom is 0.231 e. The monoisotopic (exact) mass is 327 g/mol. The first-order valence-corrected chi connectivity index (χ1v) is 7.24. The Morgan fingerprint density at radius 1 is 1.63 bits per heavy atom. The smallest absolute Gasteiger partial charge is 0.231 e. The summed E-state index contributed by atoms with van der Waals surface area (Å²) in [6, 6.07) is 5.78. The number of fused-ring (bicyclic) bond motifs is 1. The molecule has 2 atom stereocenters. The Morgan fingerprint density at radius 2 is 2.42 bits per heavy atom. The third kappa shape index (κ3) is 3.48. The van der Waals surface area contributed by atoms with Crippen LogP contribution in [0, 0.1) is 0 Å². The molecule has 1 aromatic carbocycles. The van der Waals surface area contributed by atoms with Crippen molar-refractivity contribution in [1.29, 1.82) is 0 Å². The van der Waals surface area contributed by atoms with Gasteiger partial charge in [0.1, 0.15) is 18.3 Å². The van der Waals surface area contributed by atoms with Crippen molar-refractivity contribution in [3.63, 3.8) is 0 Å². The summed E-state index contributed by atoms with van der Waals surface area (Å²) < 4.78 is 6.48. The van der Waals surface area contributed by atoms with E-state index in [2.05, 4.69) is 21.2 Å². The molecule has 0 saturated heterocycles. The summed E-state index contributed by atoms with van der Waals surface area (Å²) in [4.78, 5) is 12.2. The van der Waals surface area contributed by atoms with E-state index in [0.717, 1.165) is 22.2 Å². The van der Waals surface area contributed by atoms with Crippen molar-refractivity contribution in [2.75, 3.05) is 13.2 Å².